The van der Waals surface area contributed by atoms with E-state index in [9.17, 15) is 0 Å². The molecule has 1 atom stereocenters. The molecule has 0 saturated heterocycles. The molecule has 0 aromatic rings. The van der Waals surface area contributed by atoms with Crippen LogP contribution in [-0.4, -0.2) is 31.6 Å². The maximum atomic E-state index is 5.97. The highest BCUT2D eigenvalue weighted by atomic mass is 15.0. The second kappa shape index (κ2) is 4.07. The Balaban J connectivity index is 3.61. The van der Waals surface area contributed by atoms with Crippen molar-refractivity contribution in [1.29, 1.82) is 0 Å². The van der Waals surface area contributed by atoms with Gasteiger partial charge in [0.2, 0.25) is 0 Å². The lowest BCUT2D eigenvalue weighted by atomic mass is 9.85. The van der Waals surface area contributed by atoms with Crippen molar-refractivity contribution in [2.75, 3.05) is 20.6 Å². The molecule has 0 aliphatic rings. The van der Waals surface area contributed by atoms with E-state index in [2.05, 4.69) is 39.8 Å². The Hall–Kier alpha value is -0.0800. The van der Waals surface area contributed by atoms with Gasteiger partial charge in [-0.15, -0.1) is 0 Å². The summed E-state index contributed by atoms with van der Waals surface area (Å²) in [5, 5.41) is 0. The zero-order valence-electron chi connectivity index (χ0n) is 8.52. The van der Waals surface area contributed by atoms with E-state index in [0.29, 0.717) is 6.04 Å². The number of hydrogen-bond donors (Lipinski definition) is 1. The van der Waals surface area contributed by atoms with E-state index in [0.717, 1.165) is 13.0 Å². The molecule has 2 heteroatoms. The van der Waals surface area contributed by atoms with Gasteiger partial charge in [0.05, 0.1) is 0 Å². The van der Waals surface area contributed by atoms with Crippen molar-refractivity contribution < 1.29 is 0 Å². The first-order valence-corrected chi connectivity index (χ1v) is 4.24. The van der Waals surface area contributed by atoms with Gasteiger partial charge in [-0.25, -0.2) is 0 Å². The molecule has 0 aromatic heterocycles. The zero-order valence-corrected chi connectivity index (χ0v) is 8.52. The van der Waals surface area contributed by atoms with Crippen LogP contribution in [0.1, 0.15) is 27.2 Å². The second-order valence-electron chi connectivity index (χ2n) is 4.56. The molecule has 0 spiro atoms. The molecule has 0 saturated carbocycles. The Bertz CT molecular complexity index is 103. The quantitative estimate of drug-likeness (QED) is 0.671. The van der Waals surface area contributed by atoms with Crippen molar-refractivity contribution in [2.45, 2.75) is 33.2 Å². The van der Waals surface area contributed by atoms with Crippen LogP contribution in [0.3, 0.4) is 0 Å². The molecule has 0 bridgehead atoms. The first-order chi connectivity index (χ1) is 4.84. The van der Waals surface area contributed by atoms with Gasteiger partial charge in [0.1, 0.15) is 0 Å². The van der Waals surface area contributed by atoms with Crippen LogP contribution in [0, 0.1) is 5.41 Å². The van der Waals surface area contributed by atoms with Gasteiger partial charge in [0.25, 0.3) is 0 Å². The largest absolute Gasteiger partial charge is 0.327 e. The van der Waals surface area contributed by atoms with E-state index in [-0.39, 0.29) is 5.41 Å². The molecular weight excluding hydrogens is 136 g/mol. The Kier molecular flexibility index (Phi) is 4.04. The van der Waals surface area contributed by atoms with Crippen molar-refractivity contribution in [2.24, 2.45) is 11.1 Å². The highest BCUT2D eigenvalue weighted by molar-refractivity contribution is 4.77. The van der Waals surface area contributed by atoms with Crippen molar-refractivity contribution in [3.8, 4) is 0 Å². The Morgan fingerprint density at radius 2 is 1.73 bits per heavy atom. The van der Waals surface area contributed by atoms with E-state index in [4.69, 9.17) is 5.73 Å². The lowest BCUT2D eigenvalue weighted by molar-refractivity contribution is 0.274. The van der Waals surface area contributed by atoms with Crippen LogP contribution in [0.2, 0.25) is 0 Å². The molecule has 0 amide bonds. The fourth-order valence-corrected chi connectivity index (χ4v) is 0.830. The number of nitrogens with two attached hydrogens (primary N) is 1. The van der Waals surface area contributed by atoms with Crippen LogP contribution in [0.25, 0.3) is 0 Å². The lowest BCUT2D eigenvalue weighted by Crippen LogP contribution is -2.37. The minimum atomic E-state index is 0.246. The maximum absolute atomic E-state index is 5.97. The molecule has 0 heterocycles. The fraction of sp³-hybridized carbons (Fsp3) is 1.00. The van der Waals surface area contributed by atoms with Crippen LogP contribution in [-0.2, 0) is 0 Å². The Morgan fingerprint density at radius 1 is 1.27 bits per heavy atom. The lowest BCUT2D eigenvalue weighted by Gasteiger charge is -2.27. The minimum Gasteiger partial charge on any atom is -0.327 e. The molecule has 0 rings (SSSR count). The van der Waals surface area contributed by atoms with E-state index in [1.54, 1.807) is 0 Å². The van der Waals surface area contributed by atoms with Gasteiger partial charge in [-0.1, -0.05) is 20.8 Å². The summed E-state index contributed by atoms with van der Waals surface area (Å²) in [7, 11) is 4.16. The summed E-state index contributed by atoms with van der Waals surface area (Å²) in [6, 6.07) is 0.310. The summed E-state index contributed by atoms with van der Waals surface area (Å²) in [6.07, 6.45) is 1.08. The Morgan fingerprint density at radius 3 is 2.00 bits per heavy atom. The maximum Gasteiger partial charge on any atom is 0.00998 e. The zero-order chi connectivity index (χ0) is 9.07. The molecule has 0 radical (unpaired) electrons. The van der Waals surface area contributed by atoms with Crippen LogP contribution < -0.4 is 5.73 Å². The monoisotopic (exact) mass is 158 g/mol. The van der Waals surface area contributed by atoms with E-state index < -0.39 is 0 Å². The van der Waals surface area contributed by atoms with Gasteiger partial charge in [-0.2, -0.15) is 0 Å². The summed E-state index contributed by atoms with van der Waals surface area (Å²) in [5.74, 6) is 0. The summed E-state index contributed by atoms with van der Waals surface area (Å²) >= 11 is 0. The topological polar surface area (TPSA) is 29.3 Å². The predicted molar refractivity (Wildman–Crippen MR) is 50.6 cm³/mol. The van der Waals surface area contributed by atoms with E-state index in [1.165, 1.54) is 0 Å². The normalized spacial score (nSPS) is 15.5. The second-order valence-corrected chi connectivity index (χ2v) is 4.56. The average molecular weight is 158 g/mol. The van der Waals surface area contributed by atoms with Crippen molar-refractivity contribution in [3.63, 3.8) is 0 Å². The highest BCUT2D eigenvalue weighted by Crippen LogP contribution is 2.19. The standard InChI is InChI=1S/C9H22N2/c1-9(2,3)8(10)6-7-11(4)5/h8H,6-7,10H2,1-5H3/t8-/m1/s1. The summed E-state index contributed by atoms with van der Waals surface area (Å²) in [6.45, 7) is 7.65. The van der Waals surface area contributed by atoms with E-state index >= 15 is 0 Å². The van der Waals surface area contributed by atoms with Gasteiger partial charge >= 0.3 is 0 Å². The van der Waals surface area contributed by atoms with Crippen molar-refractivity contribution >= 4 is 0 Å². The molecule has 0 fully saturated rings. The van der Waals surface area contributed by atoms with Crippen LogP contribution in [0.5, 0.6) is 0 Å². The smallest absolute Gasteiger partial charge is 0.00998 e. The van der Waals surface area contributed by atoms with Gasteiger partial charge in [-0.3, -0.25) is 0 Å². The molecule has 0 aliphatic carbocycles. The minimum absolute atomic E-state index is 0.246. The highest BCUT2D eigenvalue weighted by Gasteiger charge is 2.19. The van der Waals surface area contributed by atoms with Gasteiger partial charge < -0.3 is 10.6 Å². The average Bonchev–Trinajstić information content (AvgIpc) is 1.80. The molecule has 11 heavy (non-hydrogen) atoms. The van der Waals surface area contributed by atoms with Crippen molar-refractivity contribution in [3.05, 3.63) is 0 Å². The van der Waals surface area contributed by atoms with Gasteiger partial charge in [0.15, 0.2) is 0 Å². The molecule has 2 nitrogen and oxygen atoms in total. The molecule has 68 valence electrons. The molecular formula is C9H22N2. The van der Waals surface area contributed by atoms with Crippen LogP contribution in [0.4, 0.5) is 0 Å². The Labute approximate surface area is 70.8 Å². The van der Waals surface area contributed by atoms with Crippen molar-refractivity contribution in [1.82, 2.24) is 4.90 Å². The molecule has 0 aliphatic heterocycles. The third-order valence-electron chi connectivity index (χ3n) is 2.00. The molecule has 0 aromatic carbocycles. The number of nitrogens with zero attached hydrogens (tertiary/aromatic N) is 1. The van der Waals surface area contributed by atoms with Gasteiger partial charge in [0, 0.05) is 6.04 Å². The predicted octanol–water partition coefficient (Wildman–Crippen LogP) is 1.31. The van der Waals surface area contributed by atoms with E-state index in [1.807, 2.05) is 0 Å². The third-order valence-corrected chi connectivity index (χ3v) is 2.00. The molecule has 0 unspecified atom stereocenters. The summed E-state index contributed by atoms with van der Waals surface area (Å²) in [5.41, 5.74) is 6.22. The fourth-order valence-electron chi connectivity index (χ4n) is 0.830. The SMILES string of the molecule is CN(C)CC[C@@H](N)C(C)(C)C. The van der Waals surface area contributed by atoms with Crippen LogP contribution >= 0.6 is 0 Å². The first kappa shape index (κ1) is 10.9. The van der Waals surface area contributed by atoms with Crippen LogP contribution in [0.15, 0.2) is 0 Å². The third kappa shape index (κ3) is 5.22. The first-order valence-electron chi connectivity index (χ1n) is 4.24. The number of rotatable bonds is 3. The summed E-state index contributed by atoms with van der Waals surface area (Å²) in [4.78, 5) is 2.17. The summed E-state index contributed by atoms with van der Waals surface area (Å²) < 4.78 is 0. The molecule has 2 N–H and O–H groups in total. The van der Waals surface area contributed by atoms with Gasteiger partial charge in [-0.05, 0) is 32.5 Å². The number of hydrogen-bond acceptors (Lipinski definition) is 2.